The average molecular weight is 318 g/mol. The number of carbonyl (C=O) groups is 3. The second-order valence-electron chi connectivity index (χ2n) is 8.41. The molecular weight excluding hydrogens is 288 g/mol. The van der Waals surface area contributed by atoms with Crippen LogP contribution < -0.4 is 0 Å². The van der Waals surface area contributed by atoms with E-state index in [0.717, 1.165) is 24.8 Å². The van der Waals surface area contributed by atoms with E-state index < -0.39 is 10.8 Å². The normalized spacial score (nSPS) is 34.9. The van der Waals surface area contributed by atoms with Crippen LogP contribution in [-0.4, -0.2) is 17.3 Å². The summed E-state index contributed by atoms with van der Waals surface area (Å²) in [7, 11) is 0. The molecule has 2 rings (SSSR count). The second kappa shape index (κ2) is 6.33. The quantitative estimate of drug-likeness (QED) is 0.777. The highest BCUT2D eigenvalue weighted by molar-refractivity contribution is 6.02. The summed E-state index contributed by atoms with van der Waals surface area (Å²) in [4.78, 5) is 37.8. The van der Waals surface area contributed by atoms with E-state index in [2.05, 4.69) is 0 Å². The minimum Gasteiger partial charge on any atom is -0.299 e. The van der Waals surface area contributed by atoms with Crippen molar-refractivity contribution in [3.8, 4) is 0 Å². The van der Waals surface area contributed by atoms with Gasteiger partial charge in [0.2, 0.25) is 0 Å². The Morgan fingerprint density at radius 2 is 1.91 bits per heavy atom. The van der Waals surface area contributed by atoms with Crippen molar-refractivity contribution in [1.29, 1.82) is 0 Å². The summed E-state index contributed by atoms with van der Waals surface area (Å²) in [6.45, 7) is 9.75. The van der Waals surface area contributed by atoms with Crippen LogP contribution in [-0.2, 0) is 14.4 Å². The molecule has 0 spiro atoms. The average Bonchev–Trinajstić information content (AvgIpc) is 2.59. The van der Waals surface area contributed by atoms with Gasteiger partial charge in [-0.3, -0.25) is 14.4 Å². The Kier molecular flexibility index (Phi) is 4.98. The number of hydrogen-bond donors (Lipinski definition) is 0. The van der Waals surface area contributed by atoms with Gasteiger partial charge in [0.15, 0.2) is 5.78 Å². The Morgan fingerprint density at radius 3 is 2.52 bits per heavy atom. The van der Waals surface area contributed by atoms with Crippen molar-refractivity contribution >= 4 is 17.3 Å². The van der Waals surface area contributed by atoms with Crippen LogP contribution in [0, 0.1) is 22.7 Å². The van der Waals surface area contributed by atoms with Gasteiger partial charge in [-0.2, -0.15) is 0 Å². The maximum absolute atomic E-state index is 13.2. The van der Waals surface area contributed by atoms with Gasteiger partial charge in [0.25, 0.3) is 0 Å². The summed E-state index contributed by atoms with van der Waals surface area (Å²) < 4.78 is 0. The van der Waals surface area contributed by atoms with Gasteiger partial charge in [-0.25, -0.2) is 0 Å². The lowest BCUT2D eigenvalue weighted by molar-refractivity contribution is -0.149. The van der Waals surface area contributed by atoms with E-state index in [0.29, 0.717) is 19.3 Å². The Morgan fingerprint density at radius 1 is 1.26 bits per heavy atom. The minimum absolute atomic E-state index is 0.0221. The van der Waals surface area contributed by atoms with Crippen LogP contribution in [0.1, 0.15) is 73.1 Å². The maximum Gasteiger partial charge on any atom is 0.162 e. The highest BCUT2D eigenvalue weighted by Gasteiger charge is 2.54. The molecule has 2 aliphatic carbocycles. The molecule has 0 radical (unpaired) electrons. The van der Waals surface area contributed by atoms with Gasteiger partial charge in [-0.1, -0.05) is 33.3 Å². The lowest BCUT2D eigenvalue weighted by Crippen LogP contribution is -2.50. The molecule has 128 valence electrons. The molecule has 0 aromatic heterocycles. The number of ketones is 3. The predicted molar refractivity (Wildman–Crippen MR) is 91.0 cm³/mol. The van der Waals surface area contributed by atoms with Crippen LogP contribution >= 0.6 is 0 Å². The molecule has 1 saturated carbocycles. The minimum atomic E-state index is -0.545. The Bertz CT molecular complexity index is 557. The summed E-state index contributed by atoms with van der Waals surface area (Å²) in [5.74, 6) is 0.373. The standard InChI is InChI=1S/C20H30O3/c1-13(2)16(21)8-9-19(4)10-11-20(5)15(18(19)23)7-6-14(3)12-17(20)22/h12-13,15H,6-11H2,1-5H3. The van der Waals surface area contributed by atoms with Gasteiger partial charge in [-0.15, -0.1) is 0 Å². The fraction of sp³-hybridized carbons (Fsp3) is 0.750. The first kappa shape index (κ1) is 18.1. The van der Waals surface area contributed by atoms with Crippen molar-refractivity contribution in [3.63, 3.8) is 0 Å². The summed E-state index contributed by atoms with van der Waals surface area (Å²) in [5.41, 5.74) is 0.0824. The van der Waals surface area contributed by atoms with Gasteiger partial charge in [0, 0.05) is 29.1 Å². The third-order valence-corrected chi connectivity index (χ3v) is 6.21. The Hall–Kier alpha value is -1.25. The highest BCUT2D eigenvalue weighted by Crippen LogP contribution is 2.52. The summed E-state index contributed by atoms with van der Waals surface area (Å²) >= 11 is 0. The van der Waals surface area contributed by atoms with Crippen molar-refractivity contribution in [2.24, 2.45) is 22.7 Å². The van der Waals surface area contributed by atoms with Gasteiger partial charge >= 0.3 is 0 Å². The molecule has 2 aliphatic rings. The molecule has 0 heterocycles. The number of Topliss-reactive ketones (excluding diaryl/α,β-unsaturated/α-hetero) is 2. The summed E-state index contributed by atoms with van der Waals surface area (Å²) in [6.07, 6.45) is 5.87. The van der Waals surface area contributed by atoms with E-state index in [9.17, 15) is 14.4 Å². The SMILES string of the molecule is CC1=CC(=O)C2(C)CCC(C)(CCC(=O)C(C)C)C(=O)C2CC1. The van der Waals surface area contributed by atoms with E-state index in [1.807, 2.05) is 34.6 Å². The van der Waals surface area contributed by atoms with E-state index in [-0.39, 0.29) is 29.2 Å². The van der Waals surface area contributed by atoms with Crippen molar-refractivity contribution in [3.05, 3.63) is 11.6 Å². The van der Waals surface area contributed by atoms with Gasteiger partial charge in [-0.05, 0) is 45.1 Å². The predicted octanol–water partition coefficient (Wildman–Crippen LogP) is 4.29. The molecule has 0 bridgehead atoms. The smallest absolute Gasteiger partial charge is 0.162 e. The Balaban J connectivity index is 2.20. The van der Waals surface area contributed by atoms with Crippen LogP contribution in [0.2, 0.25) is 0 Å². The number of hydrogen-bond acceptors (Lipinski definition) is 3. The maximum atomic E-state index is 13.2. The van der Waals surface area contributed by atoms with Crippen molar-refractivity contribution in [2.75, 3.05) is 0 Å². The van der Waals surface area contributed by atoms with Crippen molar-refractivity contribution in [1.82, 2.24) is 0 Å². The van der Waals surface area contributed by atoms with E-state index in [4.69, 9.17) is 0 Å². The summed E-state index contributed by atoms with van der Waals surface area (Å²) in [5, 5.41) is 0. The van der Waals surface area contributed by atoms with E-state index in [1.54, 1.807) is 6.08 Å². The number of allylic oxidation sites excluding steroid dienone is 2. The fourth-order valence-corrected chi connectivity index (χ4v) is 4.06. The number of fused-ring (bicyclic) bond motifs is 1. The van der Waals surface area contributed by atoms with E-state index in [1.165, 1.54) is 0 Å². The highest BCUT2D eigenvalue weighted by atomic mass is 16.1. The zero-order valence-corrected chi connectivity index (χ0v) is 15.2. The number of carbonyl (C=O) groups excluding carboxylic acids is 3. The fourth-order valence-electron chi connectivity index (χ4n) is 4.06. The lowest BCUT2D eigenvalue weighted by atomic mass is 9.55. The molecule has 3 heteroatoms. The first-order chi connectivity index (χ1) is 10.6. The van der Waals surface area contributed by atoms with Gasteiger partial charge < -0.3 is 0 Å². The zero-order valence-electron chi connectivity index (χ0n) is 15.2. The third kappa shape index (κ3) is 3.34. The molecule has 1 fully saturated rings. The first-order valence-electron chi connectivity index (χ1n) is 8.89. The van der Waals surface area contributed by atoms with Crippen molar-refractivity contribution < 1.29 is 14.4 Å². The number of rotatable bonds is 4. The van der Waals surface area contributed by atoms with Crippen LogP contribution in [0.15, 0.2) is 11.6 Å². The van der Waals surface area contributed by atoms with Crippen LogP contribution in [0.5, 0.6) is 0 Å². The molecule has 0 saturated heterocycles. The molecule has 3 atom stereocenters. The van der Waals surface area contributed by atoms with Crippen LogP contribution in [0.3, 0.4) is 0 Å². The summed E-state index contributed by atoms with van der Waals surface area (Å²) in [6, 6.07) is 0. The first-order valence-corrected chi connectivity index (χ1v) is 8.89. The monoisotopic (exact) mass is 318 g/mol. The molecule has 0 amide bonds. The molecule has 3 nitrogen and oxygen atoms in total. The van der Waals surface area contributed by atoms with Crippen LogP contribution in [0.4, 0.5) is 0 Å². The molecule has 0 aromatic carbocycles. The van der Waals surface area contributed by atoms with Gasteiger partial charge in [0.1, 0.15) is 11.6 Å². The lowest BCUT2D eigenvalue weighted by Gasteiger charge is -2.46. The third-order valence-electron chi connectivity index (χ3n) is 6.21. The topological polar surface area (TPSA) is 51.2 Å². The van der Waals surface area contributed by atoms with Gasteiger partial charge in [0.05, 0.1) is 0 Å². The largest absolute Gasteiger partial charge is 0.299 e. The molecule has 23 heavy (non-hydrogen) atoms. The van der Waals surface area contributed by atoms with Crippen LogP contribution in [0.25, 0.3) is 0 Å². The van der Waals surface area contributed by atoms with E-state index >= 15 is 0 Å². The second-order valence-corrected chi connectivity index (χ2v) is 8.41. The Labute approximate surface area is 139 Å². The zero-order chi connectivity index (χ0) is 17.4. The molecule has 0 aliphatic heterocycles. The molecular formula is C20H30O3. The molecule has 3 unspecified atom stereocenters. The molecule has 0 aromatic rings. The molecule has 0 N–H and O–H groups in total. The van der Waals surface area contributed by atoms with Crippen molar-refractivity contribution in [2.45, 2.75) is 73.1 Å².